The van der Waals surface area contributed by atoms with Crippen molar-refractivity contribution in [1.29, 1.82) is 0 Å². The number of likely N-dealkylation sites (N-methyl/N-ethyl adjacent to an activating group) is 1. The molecule has 0 aliphatic rings. The Hall–Kier alpha value is -3.06. The first-order valence-electron chi connectivity index (χ1n) is 9.00. The van der Waals surface area contributed by atoms with Crippen LogP contribution in [0.1, 0.15) is 38.3 Å². The van der Waals surface area contributed by atoms with Gasteiger partial charge < -0.3 is 10.6 Å². The number of benzene rings is 1. The van der Waals surface area contributed by atoms with Crippen molar-refractivity contribution in [2.75, 3.05) is 13.6 Å². The second kappa shape index (κ2) is 13.2. The molecule has 0 saturated carbocycles. The van der Waals surface area contributed by atoms with E-state index in [9.17, 15) is 27.6 Å². The van der Waals surface area contributed by atoms with Gasteiger partial charge in [0, 0.05) is 12.6 Å². The van der Waals surface area contributed by atoms with Crippen LogP contribution in [0.2, 0.25) is 0 Å². The summed E-state index contributed by atoms with van der Waals surface area (Å²) >= 11 is 0. The van der Waals surface area contributed by atoms with Gasteiger partial charge in [0.1, 0.15) is 5.92 Å². The SMILES string of the molecule is CC(C)C.CNC(=O)CNC(=O)C(C#Cc1ccc(C(F)(F)F)cc1)CC(=O)NO. The van der Waals surface area contributed by atoms with Gasteiger partial charge in [0.15, 0.2) is 0 Å². The van der Waals surface area contributed by atoms with E-state index in [1.807, 2.05) is 0 Å². The minimum absolute atomic E-state index is 0.200. The van der Waals surface area contributed by atoms with Gasteiger partial charge in [-0.1, -0.05) is 32.6 Å². The topological polar surface area (TPSA) is 108 Å². The fraction of sp³-hybridized carbons (Fsp3) is 0.450. The maximum atomic E-state index is 12.5. The van der Waals surface area contributed by atoms with E-state index in [1.54, 1.807) is 0 Å². The first-order valence-corrected chi connectivity index (χ1v) is 9.00. The number of hydroxylamine groups is 1. The Labute approximate surface area is 173 Å². The van der Waals surface area contributed by atoms with E-state index in [0.29, 0.717) is 0 Å². The zero-order valence-corrected chi connectivity index (χ0v) is 17.2. The molecule has 3 amide bonds. The molecular formula is C20H26F3N3O4. The minimum atomic E-state index is -4.48. The third-order valence-electron chi connectivity index (χ3n) is 3.14. The third kappa shape index (κ3) is 11.7. The van der Waals surface area contributed by atoms with Gasteiger partial charge in [-0.2, -0.15) is 13.2 Å². The van der Waals surface area contributed by atoms with E-state index in [-0.39, 0.29) is 12.1 Å². The molecule has 1 unspecified atom stereocenters. The molecule has 0 saturated heterocycles. The van der Waals surface area contributed by atoms with Gasteiger partial charge >= 0.3 is 6.18 Å². The lowest BCUT2D eigenvalue weighted by Gasteiger charge is -2.10. The molecule has 1 aromatic rings. The number of carbonyl (C=O) groups is 3. The summed E-state index contributed by atoms with van der Waals surface area (Å²) in [6.45, 7) is 6.16. The molecule has 0 aliphatic carbocycles. The molecule has 1 aromatic carbocycles. The van der Waals surface area contributed by atoms with Crippen molar-refractivity contribution in [2.24, 2.45) is 11.8 Å². The summed E-state index contributed by atoms with van der Waals surface area (Å²) in [6, 6.07) is 3.93. The molecule has 0 fully saturated rings. The Morgan fingerprint density at radius 2 is 1.60 bits per heavy atom. The van der Waals surface area contributed by atoms with Crippen LogP contribution in [-0.4, -0.2) is 36.5 Å². The molecule has 0 aromatic heterocycles. The summed E-state index contributed by atoms with van der Waals surface area (Å²) in [6.07, 6.45) is -4.98. The Kier molecular flexibility index (Phi) is 11.9. The molecule has 4 N–H and O–H groups in total. The van der Waals surface area contributed by atoms with E-state index in [1.165, 1.54) is 12.5 Å². The van der Waals surface area contributed by atoms with Crippen LogP contribution in [0.25, 0.3) is 0 Å². The van der Waals surface area contributed by atoms with Crippen LogP contribution in [0.3, 0.4) is 0 Å². The summed E-state index contributed by atoms with van der Waals surface area (Å²) < 4.78 is 37.5. The highest BCUT2D eigenvalue weighted by Crippen LogP contribution is 2.28. The molecule has 7 nitrogen and oxygen atoms in total. The van der Waals surface area contributed by atoms with E-state index in [0.717, 1.165) is 30.2 Å². The normalized spacial score (nSPS) is 11.2. The van der Waals surface area contributed by atoms with Crippen molar-refractivity contribution in [3.63, 3.8) is 0 Å². The highest BCUT2D eigenvalue weighted by Gasteiger charge is 2.29. The molecule has 0 bridgehead atoms. The summed E-state index contributed by atoms with van der Waals surface area (Å²) in [4.78, 5) is 34.4. The summed E-state index contributed by atoms with van der Waals surface area (Å²) in [5, 5.41) is 13.1. The largest absolute Gasteiger partial charge is 0.416 e. The predicted molar refractivity (Wildman–Crippen MR) is 104 cm³/mol. The van der Waals surface area contributed by atoms with E-state index >= 15 is 0 Å². The van der Waals surface area contributed by atoms with Crippen molar-refractivity contribution >= 4 is 17.7 Å². The van der Waals surface area contributed by atoms with Gasteiger partial charge in [-0.15, -0.1) is 0 Å². The Morgan fingerprint density at radius 1 is 1.07 bits per heavy atom. The fourth-order valence-electron chi connectivity index (χ4n) is 1.73. The smallest absolute Gasteiger partial charge is 0.358 e. The monoisotopic (exact) mass is 429 g/mol. The van der Waals surface area contributed by atoms with Crippen LogP contribution < -0.4 is 16.1 Å². The lowest BCUT2D eigenvalue weighted by atomic mass is 10.0. The molecule has 0 spiro atoms. The fourth-order valence-corrected chi connectivity index (χ4v) is 1.73. The lowest BCUT2D eigenvalue weighted by molar-refractivity contribution is -0.137. The highest BCUT2D eigenvalue weighted by molar-refractivity contribution is 5.90. The average molecular weight is 429 g/mol. The zero-order valence-electron chi connectivity index (χ0n) is 17.2. The van der Waals surface area contributed by atoms with Crippen LogP contribution in [0, 0.1) is 23.7 Å². The molecule has 0 radical (unpaired) electrons. The number of hydrogen-bond donors (Lipinski definition) is 4. The Morgan fingerprint density at radius 3 is 2.03 bits per heavy atom. The molecular weight excluding hydrogens is 403 g/mol. The van der Waals surface area contributed by atoms with Crippen LogP contribution in [0.5, 0.6) is 0 Å². The molecule has 166 valence electrons. The lowest BCUT2D eigenvalue weighted by Crippen LogP contribution is -2.39. The first kappa shape index (κ1) is 26.9. The summed E-state index contributed by atoms with van der Waals surface area (Å²) in [7, 11) is 1.37. The van der Waals surface area contributed by atoms with Crippen LogP contribution in [0.4, 0.5) is 13.2 Å². The zero-order chi connectivity index (χ0) is 23.3. The molecule has 1 atom stereocenters. The second-order valence-electron chi connectivity index (χ2n) is 6.76. The van der Waals surface area contributed by atoms with Crippen LogP contribution in [0.15, 0.2) is 24.3 Å². The van der Waals surface area contributed by atoms with Crippen molar-refractivity contribution in [1.82, 2.24) is 16.1 Å². The number of halogens is 3. The van der Waals surface area contributed by atoms with Gasteiger partial charge in [-0.05, 0) is 30.2 Å². The Bertz CT molecular complexity index is 763. The number of rotatable bonds is 5. The van der Waals surface area contributed by atoms with E-state index in [4.69, 9.17) is 5.21 Å². The van der Waals surface area contributed by atoms with Crippen molar-refractivity contribution < 1.29 is 32.8 Å². The second-order valence-corrected chi connectivity index (χ2v) is 6.76. The van der Waals surface area contributed by atoms with Gasteiger partial charge in [0.2, 0.25) is 17.7 Å². The quantitative estimate of drug-likeness (QED) is 0.327. The molecule has 1 rings (SSSR count). The number of amides is 3. The summed E-state index contributed by atoms with van der Waals surface area (Å²) in [5.74, 6) is 2.47. The molecule has 0 aliphatic heterocycles. The molecule has 10 heteroatoms. The van der Waals surface area contributed by atoms with E-state index in [2.05, 4.69) is 43.2 Å². The van der Waals surface area contributed by atoms with Gasteiger partial charge in [-0.25, -0.2) is 5.48 Å². The van der Waals surface area contributed by atoms with Crippen molar-refractivity contribution in [3.05, 3.63) is 35.4 Å². The molecule has 30 heavy (non-hydrogen) atoms. The highest BCUT2D eigenvalue weighted by atomic mass is 19.4. The summed E-state index contributed by atoms with van der Waals surface area (Å²) in [5.41, 5.74) is 0.713. The van der Waals surface area contributed by atoms with Crippen molar-refractivity contribution in [2.45, 2.75) is 33.4 Å². The number of hydrogen-bond acceptors (Lipinski definition) is 4. The van der Waals surface area contributed by atoms with Gasteiger partial charge in [0.05, 0.1) is 18.5 Å². The number of nitrogens with one attached hydrogen (secondary N) is 3. The minimum Gasteiger partial charge on any atom is -0.358 e. The standard InChI is InChI=1S/C16H16F3N3O4.C4H10/c1-20-14(24)9-21-15(25)11(8-13(23)22-26)5-2-10-3-6-12(7-4-10)16(17,18)19;1-4(2)3/h3-4,6-7,11,26H,8-9H2,1H3,(H,20,24)(H,21,25)(H,22,23);4H,1-3H3. The van der Waals surface area contributed by atoms with Crippen LogP contribution >= 0.6 is 0 Å². The number of alkyl halides is 3. The van der Waals surface area contributed by atoms with Crippen LogP contribution in [-0.2, 0) is 20.6 Å². The third-order valence-corrected chi connectivity index (χ3v) is 3.14. The van der Waals surface area contributed by atoms with Crippen molar-refractivity contribution in [3.8, 4) is 11.8 Å². The average Bonchev–Trinajstić information content (AvgIpc) is 2.67. The van der Waals surface area contributed by atoms with Gasteiger partial charge in [0.25, 0.3) is 0 Å². The maximum absolute atomic E-state index is 12.5. The van der Waals surface area contributed by atoms with Gasteiger partial charge in [-0.3, -0.25) is 19.6 Å². The Balaban J connectivity index is 0.00000192. The number of carbonyl (C=O) groups excluding carboxylic acids is 3. The first-order chi connectivity index (χ1) is 13.9. The maximum Gasteiger partial charge on any atom is 0.416 e. The predicted octanol–water partition coefficient (Wildman–Crippen LogP) is 2.09. The molecule has 0 heterocycles. The van der Waals surface area contributed by atoms with E-state index < -0.39 is 41.8 Å².